The van der Waals surface area contributed by atoms with E-state index in [1.165, 1.54) is 5.56 Å². The third-order valence-corrected chi connectivity index (χ3v) is 3.15. The molecule has 0 spiro atoms. The molecule has 1 unspecified atom stereocenters. The predicted molar refractivity (Wildman–Crippen MR) is 71.7 cm³/mol. The Morgan fingerprint density at radius 1 is 1.45 bits per heavy atom. The molecule has 6 nitrogen and oxygen atoms in total. The lowest BCUT2D eigenvalue weighted by molar-refractivity contribution is 0.241. The summed E-state index contributed by atoms with van der Waals surface area (Å²) in [6.45, 7) is 5.70. The fraction of sp³-hybridized carbons (Fsp3) is 0.429. The zero-order chi connectivity index (χ0) is 13.9. The number of hydrogen-bond acceptors (Lipinski definition) is 6. The molecule has 2 aromatic rings. The van der Waals surface area contributed by atoms with Crippen LogP contribution in [-0.4, -0.2) is 23.3 Å². The lowest BCUT2D eigenvalue weighted by Crippen LogP contribution is -2.21. The van der Waals surface area contributed by atoms with E-state index in [1.807, 2.05) is 18.2 Å². The van der Waals surface area contributed by atoms with Crippen molar-refractivity contribution in [3.05, 3.63) is 35.5 Å². The molecule has 2 heterocycles. The molecule has 0 amide bonds. The maximum atomic E-state index is 5.67. The van der Waals surface area contributed by atoms with Crippen LogP contribution in [0.25, 0.3) is 0 Å². The number of aryl methyl sites for hydroxylation is 1. The Morgan fingerprint density at radius 3 is 3.10 bits per heavy atom. The van der Waals surface area contributed by atoms with E-state index in [0.717, 1.165) is 18.0 Å². The van der Waals surface area contributed by atoms with Crippen LogP contribution in [0, 0.1) is 6.92 Å². The molecule has 0 bridgehead atoms. The highest BCUT2D eigenvalue weighted by atomic mass is 16.5. The highest BCUT2D eigenvalue weighted by molar-refractivity contribution is 5.45. The molecule has 1 N–H and O–H groups in total. The first-order chi connectivity index (χ1) is 9.76. The van der Waals surface area contributed by atoms with Crippen LogP contribution in [0.2, 0.25) is 0 Å². The smallest absolute Gasteiger partial charge is 0.264 e. The van der Waals surface area contributed by atoms with E-state index >= 15 is 0 Å². The van der Waals surface area contributed by atoms with Crippen molar-refractivity contribution >= 4 is 0 Å². The minimum absolute atomic E-state index is 0.260. The number of ether oxygens (including phenoxy) is 2. The Morgan fingerprint density at radius 2 is 2.35 bits per heavy atom. The predicted octanol–water partition coefficient (Wildman–Crippen LogP) is 2.00. The van der Waals surface area contributed by atoms with Gasteiger partial charge in [-0.05, 0) is 25.6 Å². The van der Waals surface area contributed by atoms with Crippen molar-refractivity contribution in [3.63, 3.8) is 0 Å². The molecule has 3 rings (SSSR count). The van der Waals surface area contributed by atoms with Crippen molar-refractivity contribution in [1.29, 1.82) is 0 Å². The summed E-state index contributed by atoms with van der Waals surface area (Å²) in [5.74, 6) is 2.68. The molecule has 1 aromatic heterocycles. The van der Waals surface area contributed by atoms with Gasteiger partial charge in [0.1, 0.15) is 18.1 Å². The van der Waals surface area contributed by atoms with Gasteiger partial charge in [0.05, 0.1) is 6.04 Å². The number of rotatable bonds is 5. The minimum atomic E-state index is 0.260. The van der Waals surface area contributed by atoms with Gasteiger partial charge in [-0.25, -0.2) is 0 Å². The summed E-state index contributed by atoms with van der Waals surface area (Å²) >= 11 is 0. The second-order valence-electron chi connectivity index (χ2n) is 4.64. The van der Waals surface area contributed by atoms with E-state index in [9.17, 15) is 0 Å². The van der Waals surface area contributed by atoms with Crippen molar-refractivity contribution in [1.82, 2.24) is 15.5 Å². The number of fused-ring (bicyclic) bond motifs is 1. The lowest BCUT2D eigenvalue weighted by Gasteiger charge is -2.09. The zero-order valence-electron chi connectivity index (χ0n) is 11.5. The SMILES string of the molecule is CCNC1COc2cc(OCc3nc(C)no3)ccc21. The monoisotopic (exact) mass is 275 g/mol. The number of nitrogens with one attached hydrogen (secondary N) is 1. The van der Waals surface area contributed by atoms with Crippen molar-refractivity contribution in [2.45, 2.75) is 26.5 Å². The summed E-state index contributed by atoms with van der Waals surface area (Å²) in [7, 11) is 0. The van der Waals surface area contributed by atoms with Crippen molar-refractivity contribution < 1.29 is 14.0 Å². The van der Waals surface area contributed by atoms with Crippen LogP contribution in [0.3, 0.4) is 0 Å². The van der Waals surface area contributed by atoms with E-state index in [1.54, 1.807) is 6.92 Å². The third kappa shape index (κ3) is 2.60. The Kier molecular flexibility index (Phi) is 3.56. The molecule has 0 saturated heterocycles. The number of likely N-dealkylation sites (N-methyl/N-ethyl adjacent to an activating group) is 1. The molecule has 0 fully saturated rings. The van der Waals surface area contributed by atoms with Crippen LogP contribution in [0.4, 0.5) is 0 Å². The molecule has 1 aromatic carbocycles. The number of hydrogen-bond donors (Lipinski definition) is 1. The highest BCUT2D eigenvalue weighted by Gasteiger charge is 2.23. The van der Waals surface area contributed by atoms with Gasteiger partial charge in [0, 0.05) is 11.6 Å². The summed E-state index contributed by atoms with van der Waals surface area (Å²) in [5.41, 5.74) is 1.17. The van der Waals surface area contributed by atoms with Crippen LogP contribution in [0.5, 0.6) is 11.5 Å². The molecule has 6 heteroatoms. The zero-order valence-corrected chi connectivity index (χ0v) is 11.5. The van der Waals surface area contributed by atoms with Crippen LogP contribution in [0.15, 0.2) is 22.7 Å². The largest absolute Gasteiger partial charge is 0.491 e. The maximum absolute atomic E-state index is 5.67. The second kappa shape index (κ2) is 5.50. The first-order valence-corrected chi connectivity index (χ1v) is 6.68. The minimum Gasteiger partial charge on any atom is -0.491 e. The number of benzene rings is 1. The second-order valence-corrected chi connectivity index (χ2v) is 4.64. The van der Waals surface area contributed by atoms with Gasteiger partial charge in [0.25, 0.3) is 5.89 Å². The van der Waals surface area contributed by atoms with Crippen molar-refractivity contribution in [2.75, 3.05) is 13.2 Å². The average Bonchev–Trinajstić information content (AvgIpc) is 3.04. The Bertz CT molecular complexity index is 597. The van der Waals surface area contributed by atoms with E-state index < -0.39 is 0 Å². The van der Waals surface area contributed by atoms with Gasteiger partial charge in [-0.3, -0.25) is 0 Å². The molecule has 20 heavy (non-hydrogen) atoms. The van der Waals surface area contributed by atoms with E-state index in [4.69, 9.17) is 14.0 Å². The molecule has 0 radical (unpaired) electrons. The van der Waals surface area contributed by atoms with E-state index in [-0.39, 0.29) is 12.6 Å². The first kappa shape index (κ1) is 12.9. The topological polar surface area (TPSA) is 69.4 Å². The molecular formula is C14H17N3O3. The van der Waals surface area contributed by atoms with E-state index in [2.05, 4.69) is 22.4 Å². The quantitative estimate of drug-likeness (QED) is 0.900. The average molecular weight is 275 g/mol. The molecule has 106 valence electrons. The van der Waals surface area contributed by atoms with Crippen LogP contribution < -0.4 is 14.8 Å². The summed E-state index contributed by atoms with van der Waals surface area (Å²) in [6, 6.07) is 6.13. The number of nitrogens with zero attached hydrogens (tertiary/aromatic N) is 2. The van der Waals surface area contributed by atoms with Gasteiger partial charge in [-0.1, -0.05) is 12.1 Å². The van der Waals surface area contributed by atoms with Crippen LogP contribution >= 0.6 is 0 Å². The summed E-state index contributed by atoms with van der Waals surface area (Å²) in [6.07, 6.45) is 0. The molecule has 1 atom stereocenters. The normalized spacial score (nSPS) is 16.8. The van der Waals surface area contributed by atoms with Crippen LogP contribution in [0.1, 0.15) is 30.2 Å². The Balaban J connectivity index is 1.67. The molecule has 1 aliphatic rings. The summed E-state index contributed by atoms with van der Waals surface area (Å²) < 4.78 is 16.3. The third-order valence-electron chi connectivity index (χ3n) is 3.15. The molecular weight excluding hydrogens is 258 g/mol. The lowest BCUT2D eigenvalue weighted by atomic mass is 10.1. The summed E-state index contributed by atoms with van der Waals surface area (Å²) in [4.78, 5) is 4.09. The van der Waals surface area contributed by atoms with Gasteiger partial charge < -0.3 is 19.3 Å². The molecule has 0 saturated carbocycles. The van der Waals surface area contributed by atoms with Gasteiger partial charge in [0.2, 0.25) is 0 Å². The Hall–Kier alpha value is -2.08. The van der Waals surface area contributed by atoms with Crippen molar-refractivity contribution in [2.24, 2.45) is 0 Å². The molecule has 0 aliphatic carbocycles. The summed E-state index contributed by atoms with van der Waals surface area (Å²) in [5, 5.41) is 7.10. The number of aromatic nitrogens is 2. The highest BCUT2D eigenvalue weighted by Crippen LogP contribution is 2.35. The van der Waals surface area contributed by atoms with Gasteiger partial charge in [-0.2, -0.15) is 4.98 Å². The van der Waals surface area contributed by atoms with E-state index in [0.29, 0.717) is 18.3 Å². The first-order valence-electron chi connectivity index (χ1n) is 6.68. The fourth-order valence-electron chi connectivity index (χ4n) is 2.24. The van der Waals surface area contributed by atoms with Crippen LogP contribution in [-0.2, 0) is 6.61 Å². The van der Waals surface area contributed by atoms with Gasteiger partial charge >= 0.3 is 0 Å². The molecule has 1 aliphatic heterocycles. The van der Waals surface area contributed by atoms with Crippen molar-refractivity contribution in [3.8, 4) is 11.5 Å². The Labute approximate surface area is 117 Å². The maximum Gasteiger partial charge on any atom is 0.264 e. The van der Waals surface area contributed by atoms with Gasteiger partial charge in [0.15, 0.2) is 12.4 Å². The fourth-order valence-corrected chi connectivity index (χ4v) is 2.24. The van der Waals surface area contributed by atoms with Gasteiger partial charge in [-0.15, -0.1) is 0 Å². The standard InChI is InChI=1S/C14H17N3O3/c1-3-15-12-7-19-13-6-10(4-5-11(12)13)18-8-14-16-9(2)17-20-14/h4-6,12,15H,3,7-8H2,1-2H3.